The van der Waals surface area contributed by atoms with Crippen LogP contribution >= 0.6 is 0 Å². The number of halogens is 3. The minimum Gasteiger partial charge on any atom is -0.397 e. The molecule has 2 aromatic rings. The number of aryl methyl sites for hydroxylation is 1. The number of nitrogens with two attached hydrogens (primary N) is 1. The number of aromatic amines is 1. The molecule has 21 heavy (non-hydrogen) atoms. The third-order valence-electron chi connectivity index (χ3n) is 2.70. The number of nitrogens with zero attached hydrogens (tertiary/aromatic N) is 1. The van der Waals surface area contributed by atoms with Crippen molar-refractivity contribution in [3.8, 4) is 0 Å². The average molecular weight is 320 g/mol. The summed E-state index contributed by atoms with van der Waals surface area (Å²) < 4.78 is 63.8. The number of sulfonamides is 1. The molecule has 2 rings (SSSR count). The Balaban J connectivity index is 2.35. The molecule has 0 fully saturated rings. The van der Waals surface area contributed by atoms with E-state index in [4.69, 9.17) is 5.73 Å². The largest absolute Gasteiger partial charge is 0.416 e. The molecule has 0 saturated carbocycles. The lowest BCUT2D eigenvalue weighted by Gasteiger charge is -2.12. The third kappa shape index (κ3) is 3.10. The van der Waals surface area contributed by atoms with Crippen molar-refractivity contribution in [1.29, 1.82) is 0 Å². The fourth-order valence-corrected chi connectivity index (χ4v) is 2.87. The van der Waals surface area contributed by atoms with Crippen molar-refractivity contribution in [2.45, 2.75) is 18.0 Å². The van der Waals surface area contributed by atoms with Gasteiger partial charge in [0.05, 0.1) is 28.8 Å². The zero-order valence-corrected chi connectivity index (χ0v) is 11.5. The number of H-pyrrole nitrogens is 1. The third-order valence-corrected chi connectivity index (χ3v) is 4.18. The molecule has 0 aliphatic heterocycles. The molecule has 6 nitrogen and oxygen atoms in total. The van der Waals surface area contributed by atoms with Crippen molar-refractivity contribution >= 4 is 21.4 Å². The number of hydrogen-bond donors (Lipinski definition) is 3. The van der Waals surface area contributed by atoms with Gasteiger partial charge in [-0.3, -0.25) is 9.82 Å². The van der Waals surface area contributed by atoms with Crippen LogP contribution in [0.4, 0.5) is 24.5 Å². The van der Waals surface area contributed by atoms with Gasteiger partial charge in [-0.1, -0.05) is 0 Å². The van der Waals surface area contributed by atoms with Crippen LogP contribution in [-0.4, -0.2) is 18.6 Å². The maximum Gasteiger partial charge on any atom is 0.416 e. The molecular weight excluding hydrogens is 309 g/mol. The Labute approximate surface area is 118 Å². The second-order valence-corrected chi connectivity index (χ2v) is 5.92. The summed E-state index contributed by atoms with van der Waals surface area (Å²) in [5.74, 6) is 0. The molecule has 0 radical (unpaired) electrons. The summed E-state index contributed by atoms with van der Waals surface area (Å²) in [5.41, 5.74) is 4.35. The Morgan fingerprint density at radius 3 is 2.48 bits per heavy atom. The van der Waals surface area contributed by atoms with Crippen molar-refractivity contribution < 1.29 is 21.6 Å². The van der Waals surface area contributed by atoms with Crippen LogP contribution < -0.4 is 10.5 Å². The molecule has 0 bridgehead atoms. The Morgan fingerprint density at radius 2 is 2.00 bits per heavy atom. The number of nitrogen functional groups attached to an aromatic ring is 1. The second-order valence-electron chi connectivity index (χ2n) is 4.26. The van der Waals surface area contributed by atoms with Crippen molar-refractivity contribution in [3.63, 3.8) is 0 Å². The molecule has 0 aliphatic carbocycles. The van der Waals surface area contributed by atoms with Gasteiger partial charge in [0.2, 0.25) is 0 Å². The monoisotopic (exact) mass is 320 g/mol. The predicted octanol–water partition coefficient (Wildman–Crippen LogP) is 2.12. The number of benzene rings is 1. The molecule has 0 spiro atoms. The van der Waals surface area contributed by atoms with Crippen LogP contribution in [0.25, 0.3) is 0 Å². The minimum atomic E-state index is -4.55. The van der Waals surface area contributed by atoms with Crippen LogP contribution in [0.2, 0.25) is 0 Å². The second kappa shape index (κ2) is 4.95. The van der Waals surface area contributed by atoms with Crippen LogP contribution in [0.15, 0.2) is 29.3 Å². The first kappa shape index (κ1) is 15.2. The lowest BCUT2D eigenvalue weighted by Crippen LogP contribution is -2.15. The molecule has 1 aromatic carbocycles. The highest BCUT2D eigenvalue weighted by atomic mass is 32.2. The van der Waals surface area contributed by atoms with E-state index in [0.29, 0.717) is 11.8 Å². The maximum absolute atomic E-state index is 12.5. The van der Waals surface area contributed by atoms with Gasteiger partial charge in [-0.25, -0.2) is 8.42 Å². The summed E-state index contributed by atoms with van der Waals surface area (Å²) in [6, 6.07) is 2.38. The average Bonchev–Trinajstić information content (AvgIpc) is 2.77. The minimum absolute atomic E-state index is 0.109. The van der Waals surface area contributed by atoms with Crippen molar-refractivity contribution in [1.82, 2.24) is 10.2 Å². The number of aromatic nitrogens is 2. The first-order valence-electron chi connectivity index (χ1n) is 5.61. The van der Waals surface area contributed by atoms with Gasteiger partial charge < -0.3 is 5.73 Å². The van der Waals surface area contributed by atoms with Crippen LogP contribution in [0, 0.1) is 6.92 Å². The summed E-state index contributed by atoms with van der Waals surface area (Å²) >= 11 is 0. The zero-order chi connectivity index (χ0) is 15.8. The van der Waals surface area contributed by atoms with Gasteiger partial charge in [0, 0.05) is 0 Å². The first-order valence-corrected chi connectivity index (χ1v) is 7.09. The van der Waals surface area contributed by atoms with E-state index in [2.05, 4.69) is 14.9 Å². The summed E-state index contributed by atoms with van der Waals surface area (Å²) in [6.07, 6.45) is -3.45. The van der Waals surface area contributed by atoms with Crippen molar-refractivity contribution in [2.75, 3.05) is 10.5 Å². The topological polar surface area (TPSA) is 101 Å². The Morgan fingerprint density at radius 1 is 1.33 bits per heavy atom. The molecule has 114 valence electrons. The van der Waals surface area contributed by atoms with E-state index in [9.17, 15) is 21.6 Å². The molecule has 1 aromatic heterocycles. The molecule has 0 aliphatic rings. The number of anilines is 2. The fourth-order valence-electron chi connectivity index (χ4n) is 1.64. The smallest absolute Gasteiger partial charge is 0.397 e. The first-order chi connectivity index (χ1) is 9.61. The van der Waals surface area contributed by atoms with E-state index < -0.39 is 21.8 Å². The highest BCUT2D eigenvalue weighted by molar-refractivity contribution is 7.92. The lowest BCUT2D eigenvalue weighted by atomic mass is 10.2. The van der Waals surface area contributed by atoms with Crippen LogP contribution in [0.3, 0.4) is 0 Å². The van der Waals surface area contributed by atoms with Crippen molar-refractivity contribution in [2.24, 2.45) is 0 Å². The molecule has 4 N–H and O–H groups in total. The SMILES string of the molecule is Cc1[nH]ncc1S(=O)(=O)Nc1ccc(C(F)(F)F)cc1N. The van der Waals surface area contributed by atoms with E-state index in [1.54, 1.807) is 0 Å². The van der Waals surface area contributed by atoms with Gasteiger partial charge in [-0.2, -0.15) is 18.3 Å². The summed E-state index contributed by atoms with van der Waals surface area (Å²) in [4.78, 5) is -0.109. The van der Waals surface area contributed by atoms with E-state index in [1.807, 2.05) is 0 Å². The Kier molecular flexibility index (Phi) is 3.58. The van der Waals surface area contributed by atoms with Gasteiger partial charge >= 0.3 is 6.18 Å². The molecule has 10 heteroatoms. The van der Waals surface area contributed by atoms with Crippen molar-refractivity contribution in [3.05, 3.63) is 35.7 Å². The van der Waals surface area contributed by atoms with Crippen LogP contribution in [0.5, 0.6) is 0 Å². The maximum atomic E-state index is 12.5. The van der Waals surface area contributed by atoms with E-state index in [1.165, 1.54) is 6.92 Å². The fraction of sp³-hybridized carbons (Fsp3) is 0.182. The molecule has 0 atom stereocenters. The Hall–Kier alpha value is -2.23. The Bertz CT molecular complexity index is 768. The summed E-state index contributed by atoms with van der Waals surface area (Å²) in [6.45, 7) is 1.50. The van der Waals surface area contributed by atoms with Gasteiger partial charge in [0.15, 0.2) is 0 Å². The van der Waals surface area contributed by atoms with Gasteiger partial charge in [-0.15, -0.1) is 0 Å². The van der Waals surface area contributed by atoms with Crippen LogP contribution in [0.1, 0.15) is 11.3 Å². The normalized spacial score (nSPS) is 12.4. The van der Waals surface area contributed by atoms with Crippen LogP contribution in [-0.2, 0) is 16.2 Å². The molecule has 0 amide bonds. The van der Waals surface area contributed by atoms with Gasteiger partial charge in [0.25, 0.3) is 10.0 Å². The van der Waals surface area contributed by atoms with Gasteiger partial charge in [-0.05, 0) is 25.1 Å². The lowest BCUT2D eigenvalue weighted by molar-refractivity contribution is -0.137. The number of nitrogens with one attached hydrogen (secondary N) is 2. The van der Waals surface area contributed by atoms with E-state index in [0.717, 1.165) is 18.3 Å². The molecule has 0 unspecified atom stereocenters. The summed E-state index contributed by atoms with van der Waals surface area (Å²) in [7, 11) is -3.98. The summed E-state index contributed by atoms with van der Waals surface area (Å²) in [5, 5.41) is 6.03. The number of rotatable bonds is 3. The number of alkyl halides is 3. The molecule has 0 saturated heterocycles. The van der Waals surface area contributed by atoms with E-state index >= 15 is 0 Å². The zero-order valence-electron chi connectivity index (χ0n) is 10.7. The molecular formula is C11H11F3N4O2S. The number of hydrogen-bond acceptors (Lipinski definition) is 4. The quantitative estimate of drug-likeness (QED) is 0.754. The van der Waals surface area contributed by atoms with E-state index in [-0.39, 0.29) is 16.3 Å². The highest BCUT2D eigenvalue weighted by Gasteiger charge is 2.31. The molecule has 1 heterocycles. The van der Waals surface area contributed by atoms with Gasteiger partial charge in [0.1, 0.15) is 4.90 Å². The standard InChI is InChI=1S/C11H11F3N4O2S/c1-6-10(5-16-17-6)21(19,20)18-9-3-2-7(4-8(9)15)11(12,13)14/h2-5,18H,15H2,1H3,(H,16,17). The highest BCUT2D eigenvalue weighted by Crippen LogP contribution is 2.33. The predicted molar refractivity (Wildman–Crippen MR) is 70.0 cm³/mol.